The van der Waals surface area contributed by atoms with E-state index in [0.717, 1.165) is 10.5 Å². The molecule has 0 aromatic heterocycles. The van der Waals surface area contributed by atoms with Crippen LogP contribution in [0.3, 0.4) is 0 Å². The molecule has 3 amide bonds. The molecule has 1 atom stereocenters. The van der Waals surface area contributed by atoms with Crippen LogP contribution in [0.5, 0.6) is 0 Å². The second kappa shape index (κ2) is 15.7. The summed E-state index contributed by atoms with van der Waals surface area (Å²) in [5, 5.41) is 8.94. The predicted molar refractivity (Wildman–Crippen MR) is 189 cm³/mol. The number of hydrogen-bond acceptors (Lipinski definition) is 4. The highest BCUT2D eigenvalue weighted by Crippen LogP contribution is 2.37. The first-order chi connectivity index (χ1) is 22.3. The third-order valence-electron chi connectivity index (χ3n) is 6.59. The largest absolute Gasteiger partial charge is 0.325 e. The van der Waals surface area contributed by atoms with Gasteiger partial charge in [-0.2, -0.15) is 0 Å². The number of benzene rings is 5. The van der Waals surface area contributed by atoms with Crippen molar-refractivity contribution in [2.45, 2.75) is 10.1 Å². The zero-order valence-electron chi connectivity index (χ0n) is 24.0. The quantitative estimate of drug-likeness (QED) is 0.101. The highest BCUT2D eigenvalue weighted by molar-refractivity contribution is 8.00. The van der Waals surface area contributed by atoms with Crippen molar-refractivity contribution in [1.82, 2.24) is 5.32 Å². The Bertz CT molecular complexity index is 1900. The standard InChI is InChI=1S/C36H26Cl3N3O3S/c37-26-15-8-16-27(21-26)41-36(45)33(23-10-3-1-4-11-23)46-29-18-9-17-28(22-29)40-35(44)31(20-25-14-7-19-30(38)32(25)39)42-34(43)24-12-5-2-6-13-24/h1-22,33H,(H,40,44)(H,41,45)(H,42,43)/b31-20+. The molecule has 5 aromatic carbocycles. The lowest BCUT2D eigenvalue weighted by Crippen LogP contribution is -2.30. The summed E-state index contributed by atoms with van der Waals surface area (Å²) in [6.07, 6.45) is 1.47. The van der Waals surface area contributed by atoms with Gasteiger partial charge in [0.1, 0.15) is 10.9 Å². The molecule has 3 N–H and O–H groups in total. The number of amides is 3. The van der Waals surface area contributed by atoms with Crippen molar-refractivity contribution in [3.05, 3.63) is 165 Å². The molecule has 0 radical (unpaired) electrons. The molecule has 0 heterocycles. The fraction of sp³-hybridized carbons (Fsp3) is 0.0278. The van der Waals surface area contributed by atoms with Crippen LogP contribution in [0.1, 0.15) is 26.7 Å². The van der Waals surface area contributed by atoms with Crippen molar-refractivity contribution in [3.63, 3.8) is 0 Å². The van der Waals surface area contributed by atoms with Gasteiger partial charge in [0.25, 0.3) is 11.8 Å². The number of rotatable bonds is 10. The second-order valence-electron chi connectivity index (χ2n) is 9.91. The van der Waals surface area contributed by atoms with Gasteiger partial charge in [-0.1, -0.05) is 108 Å². The van der Waals surface area contributed by atoms with Crippen molar-refractivity contribution in [2.24, 2.45) is 0 Å². The van der Waals surface area contributed by atoms with Crippen LogP contribution in [0.2, 0.25) is 15.1 Å². The summed E-state index contributed by atoms with van der Waals surface area (Å²) in [5.41, 5.74) is 2.62. The van der Waals surface area contributed by atoms with E-state index in [1.165, 1.54) is 17.8 Å². The van der Waals surface area contributed by atoms with E-state index in [4.69, 9.17) is 34.8 Å². The average molecular weight is 687 g/mol. The molecule has 0 bridgehead atoms. The number of carbonyl (C=O) groups excluding carboxylic acids is 3. The van der Waals surface area contributed by atoms with Crippen molar-refractivity contribution in [1.29, 1.82) is 0 Å². The third kappa shape index (κ3) is 8.80. The number of anilines is 2. The van der Waals surface area contributed by atoms with Crippen LogP contribution in [-0.4, -0.2) is 17.7 Å². The fourth-order valence-electron chi connectivity index (χ4n) is 4.39. The van der Waals surface area contributed by atoms with Crippen LogP contribution in [0.4, 0.5) is 11.4 Å². The molecule has 0 aliphatic carbocycles. The average Bonchev–Trinajstić information content (AvgIpc) is 3.06. The Morgan fingerprint density at radius 2 is 1.33 bits per heavy atom. The van der Waals surface area contributed by atoms with Crippen molar-refractivity contribution < 1.29 is 14.4 Å². The van der Waals surface area contributed by atoms with Crippen LogP contribution in [0, 0.1) is 0 Å². The molecule has 5 aromatic rings. The van der Waals surface area contributed by atoms with Crippen LogP contribution >= 0.6 is 46.6 Å². The third-order valence-corrected chi connectivity index (χ3v) is 8.91. The van der Waals surface area contributed by atoms with Crippen molar-refractivity contribution in [2.75, 3.05) is 10.6 Å². The molecule has 0 fully saturated rings. The lowest BCUT2D eigenvalue weighted by molar-refractivity contribution is -0.116. The Morgan fingerprint density at radius 3 is 2.04 bits per heavy atom. The van der Waals surface area contributed by atoms with E-state index in [-0.39, 0.29) is 16.6 Å². The molecule has 46 heavy (non-hydrogen) atoms. The van der Waals surface area contributed by atoms with Gasteiger partial charge in [0.2, 0.25) is 5.91 Å². The molecule has 0 saturated carbocycles. The topological polar surface area (TPSA) is 87.3 Å². The monoisotopic (exact) mass is 685 g/mol. The summed E-state index contributed by atoms with van der Waals surface area (Å²) in [6.45, 7) is 0. The maximum atomic E-state index is 13.6. The number of nitrogens with one attached hydrogen (secondary N) is 3. The Kier molecular flexibility index (Phi) is 11.2. The van der Waals surface area contributed by atoms with Crippen molar-refractivity contribution in [3.8, 4) is 0 Å². The van der Waals surface area contributed by atoms with Gasteiger partial charge in [-0.3, -0.25) is 14.4 Å². The van der Waals surface area contributed by atoms with E-state index >= 15 is 0 Å². The Balaban J connectivity index is 1.39. The Morgan fingerprint density at radius 1 is 0.674 bits per heavy atom. The minimum atomic E-state index is -0.614. The number of carbonyl (C=O) groups is 3. The smallest absolute Gasteiger partial charge is 0.272 e. The van der Waals surface area contributed by atoms with Gasteiger partial charge in [-0.05, 0) is 71.8 Å². The first-order valence-corrected chi connectivity index (χ1v) is 16.0. The molecule has 0 spiro atoms. The van der Waals surface area contributed by atoms with Gasteiger partial charge in [0.15, 0.2) is 0 Å². The number of thioether (sulfide) groups is 1. The van der Waals surface area contributed by atoms with E-state index in [9.17, 15) is 14.4 Å². The second-order valence-corrected chi connectivity index (χ2v) is 12.3. The summed E-state index contributed by atoms with van der Waals surface area (Å²) in [7, 11) is 0. The Hall–Kier alpha value is -4.53. The van der Waals surface area contributed by atoms with E-state index < -0.39 is 17.1 Å². The summed E-state index contributed by atoms with van der Waals surface area (Å²) in [6, 6.07) is 37.0. The normalized spacial score (nSPS) is 11.8. The first-order valence-electron chi connectivity index (χ1n) is 14.0. The van der Waals surface area contributed by atoms with Gasteiger partial charge in [-0.15, -0.1) is 11.8 Å². The summed E-state index contributed by atoms with van der Waals surface area (Å²) in [5.74, 6) is -1.29. The van der Waals surface area contributed by atoms with Crippen molar-refractivity contribution >= 4 is 81.7 Å². The van der Waals surface area contributed by atoms with Gasteiger partial charge >= 0.3 is 0 Å². The minimum Gasteiger partial charge on any atom is -0.325 e. The predicted octanol–water partition coefficient (Wildman–Crippen LogP) is 9.53. The maximum Gasteiger partial charge on any atom is 0.272 e. The van der Waals surface area contributed by atoms with E-state index in [1.54, 1.807) is 91.0 Å². The lowest BCUT2D eigenvalue weighted by atomic mass is 10.1. The number of halogens is 3. The molecule has 6 nitrogen and oxygen atoms in total. The van der Waals surface area contributed by atoms with Gasteiger partial charge in [-0.25, -0.2) is 0 Å². The van der Waals surface area contributed by atoms with Gasteiger partial charge in [0, 0.05) is 26.9 Å². The van der Waals surface area contributed by atoms with E-state index in [2.05, 4.69) is 16.0 Å². The molecule has 5 rings (SSSR count). The number of hydrogen-bond donors (Lipinski definition) is 3. The molecule has 0 aliphatic heterocycles. The molecule has 0 aliphatic rings. The molecular weight excluding hydrogens is 661 g/mol. The summed E-state index contributed by atoms with van der Waals surface area (Å²) >= 11 is 20.0. The maximum absolute atomic E-state index is 13.6. The van der Waals surface area contributed by atoms with E-state index in [0.29, 0.717) is 32.5 Å². The first kappa shape index (κ1) is 32.9. The molecule has 10 heteroatoms. The van der Waals surface area contributed by atoms with Crippen LogP contribution in [-0.2, 0) is 9.59 Å². The van der Waals surface area contributed by atoms with Crippen LogP contribution in [0.25, 0.3) is 6.08 Å². The zero-order chi connectivity index (χ0) is 32.5. The fourth-order valence-corrected chi connectivity index (χ4v) is 6.02. The minimum absolute atomic E-state index is 0.0425. The summed E-state index contributed by atoms with van der Waals surface area (Å²) in [4.78, 5) is 40.9. The molecule has 1 unspecified atom stereocenters. The molecule has 230 valence electrons. The zero-order valence-corrected chi connectivity index (χ0v) is 27.1. The lowest BCUT2D eigenvalue weighted by Gasteiger charge is -2.18. The van der Waals surface area contributed by atoms with Gasteiger partial charge in [0.05, 0.1) is 10.0 Å². The van der Waals surface area contributed by atoms with Crippen LogP contribution in [0.15, 0.2) is 138 Å². The van der Waals surface area contributed by atoms with Crippen LogP contribution < -0.4 is 16.0 Å². The van der Waals surface area contributed by atoms with Gasteiger partial charge < -0.3 is 16.0 Å². The highest BCUT2D eigenvalue weighted by atomic mass is 35.5. The summed E-state index contributed by atoms with van der Waals surface area (Å²) < 4.78 is 0. The molecular formula is C36H26Cl3N3O3S. The van der Waals surface area contributed by atoms with E-state index in [1.807, 2.05) is 36.4 Å². The molecule has 0 saturated heterocycles. The highest BCUT2D eigenvalue weighted by Gasteiger charge is 2.23. The Labute approximate surface area is 285 Å². The SMILES string of the molecule is O=C(Nc1cccc(SC(C(=O)Nc2cccc(Cl)c2)c2ccccc2)c1)/C(=C\c1cccc(Cl)c1Cl)NC(=O)c1ccccc1.